The van der Waals surface area contributed by atoms with E-state index in [2.05, 4.69) is 20.3 Å². The summed E-state index contributed by atoms with van der Waals surface area (Å²) < 4.78 is 24.6. The minimum atomic E-state index is -0.0220. The molecule has 11 heteroatoms. The number of Topliss-reactive ketones (excluding diaryl/α,β-unsaturated/α-hetero) is 1. The summed E-state index contributed by atoms with van der Waals surface area (Å²) >= 11 is 1.34. The van der Waals surface area contributed by atoms with Gasteiger partial charge in [0.15, 0.2) is 11.5 Å². The van der Waals surface area contributed by atoms with Crippen molar-refractivity contribution in [3.05, 3.63) is 83.8 Å². The van der Waals surface area contributed by atoms with Crippen LogP contribution in [0.15, 0.2) is 71.5 Å². The zero-order chi connectivity index (χ0) is 26.1. The standard InChI is InChI=1S/C27H21N5O5S/c1-34-19-10-23(36-15-17-5-3-4-16(8-17)9-22(33)18-6-7-28-29-13-18)20-12-25(37-24(20)11-19)21-14-32-26(30-21)38-27(31-32)35-2/h3-8,10-14H,9,15H2,1-2H3. The highest BCUT2D eigenvalue weighted by Gasteiger charge is 2.17. The normalized spacial score (nSPS) is 11.2. The Kier molecular flexibility index (Phi) is 6.18. The van der Waals surface area contributed by atoms with Gasteiger partial charge in [0.1, 0.15) is 29.4 Å². The number of rotatable bonds is 9. The van der Waals surface area contributed by atoms with Crippen molar-refractivity contribution in [2.45, 2.75) is 13.0 Å². The van der Waals surface area contributed by atoms with Crippen molar-refractivity contribution >= 4 is 33.1 Å². The zero-order valence-electron chi connectivity index (χ0n) is 20.5. The third-order valence-corrected chi connectivity index (χ3v) is 6.80. The van der Waals surface area contributed by atoms with Gasteiger partial charge in [0.25, 0.3) is 5.19 Å². The molecule has 0 saturated carbocycles. The average Bonchev–Trinajstić information content (AvgIpc) is 3.65. The van der Waals surface area contributed by atoms with Crippen molar-refractivity contribution in [1.29, 1.82) is 0 Å². The molecule has 0 aliphatic carbocycles. The molecule has 0 bridgehead atoms. The maximum atomic E-state index is 12.6. The van der Waals surface area contributed by atoms with Gasteiger partial charge in [0, 0.05) is 24.1 Å². The first kappa shape index (κ1) is 23.6. The number of ketones is 1. The molecule has 0 spiro atoms. The molecule has 4 aromatic heterocycles. The topological polar surface area (TPSA) is 114 Å². The predicted molar refractivity (Wildman–Crippen MR) is 140 cm³/mol. The number of hydrogen-bond acceptors (Lipinski definition) is 10. The van der Waals surface area contributed by atoms with Crippen LogP contribution in [0.25, 0.3) is 27.4 Å². The lowest BCUT2D eigenvalue weighted by molar-refractivity contribution is 0.0992. The molecule has 0 N–H and O–H groups in total. The summed E-state index contributed by atoms with van der Waals surface area (Å²) in [4.78, 5) is 17.9. The number of ether oxygens (including phenoxy) is 3. The molecule has 0 fully saturated rings. The van der Waals surface area contributed by atoms with Gasteiger partial charge in [-0.25, -0.2) is 9.50 Å². The maximum Gasteiger partial charge on any atom is 0.294 e. The lowest BCUT2D eigenvalue weighted by Crippen LogP contribution is -2.05. The van der Waals surface area contributed by atoms with Gasteiger partial charge < -0.3 is 18.6 Å². The molecule has 6 rings (SSSR count). The molecule has 6 aromatic rings. The number of nitrogens with zero attached hydrogens (tertiary/aromatic N) is 5. The van der Waals surface area contributed by atoms with E-state index in [4.69, 9.17) is 18.6 Å². The minimum absolute atomic E-state index is 0.0220. The molecule has 2 aromatic carbocycles. The van der Waals surface area contributed by atoms with E-state index in [1.54, 1.807) is 31.0 Å². The summed E-state index contributed by atoms with van der Waals surface area (Å²) in [5.41, 5.74) is 3.61. The monoisotopic (exact) mass is 527 g/mol. The fourth-order valence-corrected chi connectivity index (χ4v) is 4.76. The molecule has 4 heterocycles. The van der Waals surface area contributed by atoms with Gasteiger partial charge in [-0.1, -0.05) is 24.3 Å². The van der Waals surface area contributed by atoms with E-state index >= 15 is 0 Å². The average molecular weight is 528 g/mol. The number of carbonyl (C=O) groups excluding carboxylic acids is 1. The summed E-state index contributed by atoms with van der Waals surface area (Å²) in [7, 11) is 3.17. The number of methoxy groups -OCH3 is 2. The second-order valence-corrected chi connectivity index (χ2v) is 9.33. The highest BCUT2D eigenvalue weighted by atomic mass is 32.1. The van der Waals surface area contributed by atoms with Gasteiger partial charge in [-0.15, -0.1) is 5.10 Å². The first-order chi connectivity index (χ1) is 18.6. The van der Waals surface area contributed by atoms with Crippen LogP contribution < -0.4 is 14.2 Å². The fraction of sp³-hybridized carbons (Fsp3) is 0.148. The van der Waals surface area contributed by atoms with Gasteiger partial charge in [0.05, 0.1) is 38.2 Å². The molecule has 0 amide bonds. The van der Waals surface area contributed by atoms with E-state index in [1.165, 1.54) is 23.7 Å². The first-order valence-electron chi connectivity index (χ1n) is 11.6. The maximum absolute atomic E-state index is 12.6. The largest absolute Gasteiger partial charge is 0.496 e. The Morgan fingerprint density at radius 3 is 2.74 bits per heavy atom. The van der Waals surface area contributed by atoms with Gasteiger partial charge in [0.2, 0.25) is 4.96 Å². The molecular formula is C27H21N5O5S. The Bertz CT molecular complexity index is 1730. The molecule has 38 heavy (non-hydrogen) atoms. The number of hydrogen-bond donors (Lipinski definition) is 0. The molecule has 0 aliphatic rings. The molecule has 0 atom stereocenters. The second-order valence-electron chi connectivity index (χ2n) is 8.41. The van der Waals surface area contributed by atoms with E-state index < -0.39 is 0 Å². The van der Waals surface area contributed by atoms with Crippen LogP contribution in [0.4, 0.5) is 0 Å². The summed E-state index contributed by atoms with van der Waals surface area (Å²) in [6.45, 7) is 0.297. The zero-order valence-corrected chi connectivity index (χ0v) is 21.3. The summed E-state index contributed by atoms with van der Waals surface area (Å²) in [6, 6.07) is 14.9. The van der Waals surface area contributed by atoms with Crippen LogP contribution in [-0.4, -0.2) is 44.8 Å². The van der Waals surface area contributed by atoms with E-state index in [-0.39, 0.29) is 12.2 Å². The van der Waals surface area contributed by atoms with Crippen LogP contribution in [0.1, 0.15) is 21.5 Å². The van der Waals surface area contributed by atoms with Gasteiger partial charge in [-0.3, -0.25) is 4.79 Å². The van der Waals surface area contributed by atoms with Gasteiger partial charge in [-0.05, 0) is 34.6 Å². The smallest absolute Gasteiger partial charge is 0.294 e. The Labute approximate surface area is 220 Å². The Morgan fingerprint density at radius 2 is 1.95 bits per heavy atom. The SMILES string of the molecule is COc1cc(OCc2cccc(CC(=O)c3ccnnc3)c2)c2cc(-c3cn4nc(OC)sc4n3)oc2c1. The number of fused-ring (bicyclic) bond motifs is 2. The molecule has 190 valence electrons. The molecule has 0 unspecified atom stereocenters. The number of furan rings is 1. The summed E-state index contributed by atoms with van der Waals surface area (Å²) in [5.74, 6) is 1.78. The highest BCUT2D eigenvalue weighted by Crippen LogP contribution is 2.37. The quantitative estimate of drug-likeness (QED) is 0.239. The lowest BCUT2D eigenvalue weighted by Gasteiger charge is -2.10. The minimum Gasteiger partial charge on any atom is -0.496 e. The first-order valence-corrected chi connectivity index (χ1v) is 12.4. The fourth-order valence-electron chi connectivity index (χ4n) is 4.06. The number of carbonyl (C=O) groups is 1. The number of aromatic nitrogens is 5. The molecular weight excluding hydrogens is 506 g/mol. The summed E-state index contributed by atoms with van der Waals surface area (Å²) in [6.07, 6.45) is 5.04. The van der Waals surface area contributed by atoms with E-state index in [0.717, 1.165) is 16.5 Å². The third kappa shape index (κ3) is 4.66. The second kappa shape index (κ2) is 9.94. The number of imidazole rings is 1. The van der Waals surface area contributed by atoms with Crippen molar-refractivity contribution < 1.29 is 23.4 Å². The van der Waals surface area contributed by atoms with Crippen molar-refractivity contribution in [2.24, 2.45) is 0 Å². The third-order valence-electron chi connectivity index (χ3n) is 5.92. The van der Waals surface area contributed by atoms with Crippen LogP contribution in [-0.2, 0) is 13.0 Å². The van der Waals surface area contributed by atoms with Crippen LogP contribution >= 0.6 is 11.3 Å². The molecule has 0 aliphatic heterocycles. The van der Waals surface area contributed by atoms with Gasteiger partial charge in [-0.2, -0.15) is 10.2 Å². The van der Waals surface area contributed by atoms with Crippen LogP contribution in [0, 0.1) is 0 Å². The number of benzene rings is 2. The Morgan fingerprint density at radius 1 is 1.05 bits per heavy atom. The van der Waals surface area contributed by atoms with Crippen molar-refractivity contribution in [3.63, 3.8) is 0 Å². The lowest BCUT2D eigenvalue weighted by atomic mass is 10.0. The van der Waals surface area contributed by atoms with E-state index in [1.807, 2.05) is 42.5 Å². The molecule has 0 radical (unpaired) electrons. The Hall–Kier alpha value is -4.77. The van der Waals surface area contributed by atoms with Crippen LogP contribution in [0.3, 0.4) is 0 Å². The Balaban J connectivity index is 1.24. The van der Waals surface area contributed by atoms with Crippen LogP contribution in [0.2, 0.25) is 0 Å². The van der Waals surface area contributed by atoms with Crippen molar-refractivity contribution in [1.82, 2.24) is 24.8 Å². The highest BCUT2D eigenvalue weighted by molar-refractivity contribution is 7.18. The van der Waals surface area contributed by atoms with E-state index in [9.17, 15) is 4.79 Å². The summed E-state index contributed by atoms with van der Waals surface area (Å²) in [5, 5.41) is 13.1. The van der Waals surface area contributed by atoms with Gasteiger partial charge >= 0.3 is 0 Å². The molecule has 10 nitrogen and oxygen atoms in total. The molecule has 0 saturated heterocycles. The predicted octanol–water partition coefficient (Wildman–Crippen LogP) is 5.02. The van der Waals surface area contributed by atoms with E-state index in [0.29, 0.717) is 50.9 Å². The van der Waals surface area contributed by atoms with Crippen LogP contribution in [0.5, 0.6) is 16.7 Å². The van der Waals surface area contributed by atoms with Crippen molar-refractivity contribution in [3.8, 4) is 28.1 Å². The van der Waals surface area contributed by atoms with Crippen molar-refractivity contribution in [2.75, 3.05) is 14.2 Å².